The van der Waals surface area contributed by atoms with Crippen LogP contribution in [-0.4, -0.2) is 53.4 Å². The molecule has 5 nitrogen and oxygen atoms in total. The van der Waals surface area contributed by atoms with Gasteiger partial charge in [0.1, 0.15) is 5.75 Å². The van der Waals surface area contributed by atoms with Crippen molar-refractivity contribution in [2.24, 2.45) is 5.41 Å². The van der Waals surface area contributed by atoms with Gasteiger partial charge in [-0.2, -0.15) is 0 Å². The number of piperidine rings is 1. The summed E-state index contributed by atoms with van der Waals surface area (Å²) in [5, 5.41) is 23.2. The van der Waals surface area contributed by atoms with Gasteiger partial charge >= 0.3 is 0 Å². The predicted molar refractivity (Wildman–Crippen MR) is 134 cm³/mol. The molecule has 0 amide bonds. The molecule has 174 valence electrons. The lowest BCUT2D eigenvalue weighted by Crippen LogP contribution is -2.42. The number of aliphatic hydroxyl groups is 2. The summed E-state index contributed by atoms with van der Waals surface area (Å²) < 4.78 is 5.41. The summed E-state index contributed by atoms with van der Waals surface area (Å²) >= 11 is 1.67. The Morgan fingerprint density at radius 2 is 2.06 bits per heavy atom. The number of hydrogen-bond donors (Lipinski definition) is 2. The van der Waals surface area contributed by atoms with Gasteiger partial charge in [0.2, 0.25) is 0 Å². The number of rotatable bonds is 8. The highest BCUT2D eigenvalue weighted by Gasteiger charge is 2.33. The first-order chi connectivity index (χ1) is 16.2. The average Bonchev–Trinajstić information content (AvgIpc) is 3.38. The van der Waals surface area contributed by atoms with Crippen molar-refractivity contribution in [3.63, 3.8) is 0 Å². The second-order valence-electron chi connectivity index (χ2n) is 8.87. The fourth-order valence-electron chi connectivity index (χ4n) is 4.73. The molecule has 0 aliphatic carbocycles. The van der Waals surface area contributed by atoms with Crippen LogP contribution < -0.4 is 4.74 Å². The van der Waals surface area contributed by atoms with E-state index in [0.717, 1.165) is 84.4 Å². The van der Waals surface area contributed by atoms with Crippen molar-refractivity contribution in [3.8, 4) is 17.6 Å². The zero-order valence-electron chi connectivity index (χ0n) is 19.2. The predicted octanol–water partition coefficient (Wildman–Crippen LogP) is 4.25. The molecular formula is C27H32N2O3S. The standard InChI is InChI=1S/C27H32N2O3S/c1-32-22-8-9-26-25(17-22)24(21(19-30)18-28-26)7-2-10-27(20-31)11-14-29(15-12-27)13-3-5-23-6-4-16-33-23/h4,6,8-9,16-18,30-31H,2,7,10-15,19-20H2,1H3. The van der Waals surface area contributed by atoms with Crippen LogP contribution in [0, 0.1) is 17.3 Å². The number of thiophene rings is 1. The van der Waals surface area contributed by atoms with Gasteiger partial charge in [-0.15, -0.1) is 11.3 Å². The monoisotopic (exact) mass is 464 g/mol. The summed E-state index contributed by atoms with van der Waals surface area (Å²) in [6, 6.07) is 9.96. The molecule has 2 aromatic heterocycles. The van der Waals surface area contributed by atoms with E-state index >= 15 is 0 Å². The lowest BCUT2D eigenvalue weighted by atomic mass is 9.75. The second kappa shape index (κ2) is 11.1. The molecule has 1 aromatic carbocycles. The Bertz CT molecular complexity index is 1100. The van der Waals surface area contributed by atoms with Gasteiger partial charge < -0.3 is 14.9 Å². The number of hydrogen-bond acceptors (Lipinski definition) is 6. The van der Waals surface area contributed by atoms with E-state index in [4.69, 9.17) is 4.74 Å². The molecule has 0 bridgehead atoms. The molecule has 3 heterocycles. The van der Waals surface area contributed by atoms with Gasteiger partial charge in [0.25, 0.3) is 0 Å². The minimum atomic E-state index is -0.0302. The van der Waals surface area contributed by atoms with Gasteiger partial charge in [0.15, 0.2) is 0 Å². The van der Waals surface area contributed by atoms with E-state index < -0.39 is 0 Å². The van der Waals surface area contributed by atoms with Crippen LogP contribution in [0.1, 0.15) is 41.7 Å². The van der Waals surface area contributed by atoms with E-state index in [9.17, 15) is 10.2 Å². The lowest BCUT2D eigenvalue weighted by Gasteiger charge is -2.40. The molecule has 4 rings (SSSR count). The summed E-state index contributed by atoms with van der Waals surface area (Å²) in [6.07, 6.45) is 6.53. The number of aliphatic hydroxyl groups excluding tert-OH is 2. The van der Waals surface area contributed by atoms with E-state index in [0.29, 0.717) is 0 Å². The summed E-state index contributed by atoms with van der Waals surface area (Å²) in [7, 11) is 1.66. The number of likely N-dealkylation sites (tertiary alicyclic amines) is 1. The van der Waals surface area contributed by atoms with Crippen LogP contribution in [0.5, 0.6) is 5.75 Å². The number of methoxy groups -OCH3 is 1. The minimum absolute atomic E-state index is 0.0257. The number of fused-ring (bicyclic) bond motifs is 1. The second-order valence-corrected chi connectivity index (χ2v) is 9.82. The zero-order valence-corrected chi connectivity index (χ0v) is 20.0. The highest BCUT2D eigenvalue weighted by atomic mass is 32.1. The number of ether oxygens (including phenoxy) is 1. The molecule has 0 atom stereocenters. The Hall–Kier alpha value is -2.43. The number of pyridine rings is 1. The summed E-state index contributed by atoms with van der Waals surface area (Å²) in [5.41, 5.74) is 2.89. The van der Waals surface area contributed by atoms with Crippen LogP contribution in [0.3, 0.4) is 0 Å². The minimum Gasteiger partial charge on any atom is -0.497 e. The van der Waals surface area contributed by atoms with Crippen molar-refractivity contribution in [2.75, 3.05) is 33.4 Å². The van der Waals surface area contributed by atoms with Crippen LogP contribution >= 0.6 is 11.3 Å². The Kier molecular flexibility index (Phi) is 8.00. The van der Waals surface area contributed by atoms with Gasteiger partial charge in [0, 0.05) is 18.2 Å². The highest BCUT2D eigenvalue weighted by molar-refractivity contribution is 7.10. The number of aromatic nitrogens is 1. The molecule has 0 radical (unpaired) electrons. The van der Waals surface area contributed by atoms with Crippen molar-refractivity contribution in [1.82, 2.24) is 9.88 Å². The van der Waals surface area contributed by atoms with Crippen molar-refractivity contribution in [2.45, 2.75) is 38.7 Å². The molecule has 1 fully saturated rings. The normalized spacial score (nSPS) is 15.8. The highest BCUT2D eigenvalue weighted by Crippen LogP contribution is 2.37. The van der Waals surface area contributed by atoms with Crippen LogP contribution in [0.25, 0.3) is 10.9 Å². The molecule has 2 N–H and O–H groups in total. The first-order valence-corrected chi connectivity index (χ1v) is 12.5. The van der Waals surface area contributed by atoms with Gasteiger partial charge in [0.05, 0.1) is 30.7 Å². The van der Waals surface area contributed by atoms with E-state index in [1.54, 1.807) is 24.6 Å². The molecule has 33 heavy (non-hydrogen) atoms. The van der Waals surface area contributed by atoms with E-state index in [1.165, 1.54) is 0 Å². The third kappa shape index (κ3) is 5.74. The van der Waals surface area contributed by atoms with Crippen molar-refractivity contribution in [1.29, 1.82) is 0 Å². The van der Waals surface area contributed by atoms with Crippen molar-refractivity contribution < 1.29 is 14.9 Å². The number of nitrogens with zero attached hydrogens (tertiary/aromatic N) is 2. The van der Waals surface area contributed by atoms with E-state index in [1.807, 2.05) is 24.3 Å². The van der Waals surface area contributed by atoms with Crippen LogP contribution in [0.15, 0.2) is 41.9 Å². The topological polar surface area (TPSA) is 65.8 Å². The van der Waals surface area contributed by atoms with Crippen molar-refractivity contribution >= 4 is 22.2 Å². The first-order valence-electron chi connectivity index (χ1n) is 11.6. The van der Waals surface area contributed by atoms with Gasteiger partial charge in [-0.1, -0.05) is 17.9 Å². The third-order valence-corrected chi connectivity index (χ3v) is 7.65. The summed E-state index contributed by atoms with van der Waals surface area (Å²) in [6.45, 7) is 2.92. The van der Waals surface area contributed by atoms with Crippen LogP contribution in [0.4, 0.5) is 0 Å². The van der Waals surface area contributed by atoms with Gasteiger partial charge in [-0.3, -0.25) is 9.88 Å². The first kappa shape index (κ1) is 23.7. The number of benzene rings is 1. The largest absolute Gasteiger partial charge is 0.497 e. The smallest absolute Gasteiger partial charge is 0.119 e. The summed E-state index contributed by atoms with van der Waals surface area (Å²) in [5.74, 6) is 7.32. The van der Waals surface area contributed by atoms with Crippen LogP contribution in [0.2, 0.25) is 0 Å². The Morgan fingerprint density at radius 1 is 1.21 bits per heavy atom. The maximum absolute atomic E-state index is 10.3. The third-order valence-electron chi connectivity index (χ3n) is 6.87. The average molecular weight is 465 g/mol. The molecule has 6 heteroatoms. The van der Waals surface area contributed by atoms with Gasteiger partial charge in [-0.05, 0) is 91.4 Å². The molecule has 1 saturated heterocycles. The molecule has 0 spiro atoms. The quantitative estimate of drug-likeness (QED) is 0.488. The molecule has 1 aliphatic heterocycles. The molecule has 3 aromatic rings. The molecule has 0 unspecified atom stereocenters. The maximum atomic E-state index is 10.3. The maximum Gasteiger partial charge on any atom is 0.119 e. The van der Waals surface area contributed by atoms with Gasteiger partial charge in [-0.25, -0.2) is 0 Å². The number of aryl methyl sites for hydroxylation is 1. The Morgan fingerprint density at radius 3 is 2.76 bits per heavy atom. The van der Waals surface area contributed by atoms with E-state index in [2.05, 4.69) is 33.2 Å². The lowest BCUT2D eigenvalue weighted by molar-refractivity contribution is 0.0401. The Balaban J connectivity index is 1.37. The van der Waals surface area contributed by atoms with Crippen LogP contribution in [-0.2, 0) is 13.0 Å². The molecular weight excluding hydrogens is 432 g/mol. The molecule has 0 saturated carbocycles. The van der Waals surface area contributed by atoms with E-state index in [-0.39, 0.29) is 18.6 Å². The zero-order chi connectivity index (χ0) is 23.1. The molecule has 1 aliphatic rings. The summed E-state index contributed by atoms with van der Waals surface area (Å²) in [4.78, 5) is 7.99. The fourth-order valence-corrected chi connectivity index (χ4v) is 5.32. The Labute approximate surface area is 200 Å². The fraction of sp³-hybridized carbons (Fsp3) is 0.444. The SMILES string of the molecule is COc1ccc2ncc(CO)c(CCCC3(CO)CCN(CC#Cc4cccs4)CC3)c2c1. The van der Waals surface area contributed by atoms with Crippen molar-refractivity contribution in [3.05, 3.63) is 57.9 Å².